The van der Waals surface area contributed by atoms with Gasteiger partial charge in [-0.25, -0.2) is 0 Å². The van der Waals surface area contributed by atoms with Crippen LogP contribution in [0.5, 0.6) is 0 Å². The standard InChI is InChI=1S/C15H25NO3/c1-3-4-12(2)15(17)16-8-5-13(6-9-16)19-14-7-10-18-11-14/h4,13-14H,3,5-11H2,1-2H3/b12-4-/t14-/m0/s1. The molecule has 0 aromatic rings. The number of hydrogen-bond acceptors (Lipinski definition) is 3. The fourth-order valence-corrected chi connectivity index (χ4v) is 2.73. The second kappa shape index (κ2) is 7.06. The molecule has 0 aromatic carbocycles. The van der Waals surface area contributed by atoms with Crippen molar-refractivity contribution in [1.29, 1.82) is 0 Å². The van der Waals surface area contributed by atoms with Crippen LogP contribution in [0.2, 0.25) is 0 Å². The van der Waals surface area contributed by atoms with Gasteiger partial charge in [-0.3, -0.25) is 4.79 Å². The van der Waals surface area contributed by atoms with Crippen LogP contribution in [0.15, 0.2) is 11.6 Å². The van der Waals surface area contributed by atoms with Gasteiger partial charge in [-0.15, -0.1) is 0 Å². The van der Waals surface area contributed by atoms with Crippen molar-refractivity contribution in [1.82, 2.24) is 4.90 Å². The van der Waals surface area contributed by atoms with Gasteiger partial charge in [0.25, 0.3) is 0 Å². The average Bonchev–Trinajstić information content (AvgIpc) is 2.92. The minimum absolute atomic E-state index is 0.185. The van der Waals surface area contributed by atoms with E-state index in [4.69, 9.17) is 9.47 Å². The van der Waals surface area contributed by atoms with Crippen LogP contribution in [0.4, 0.5) is 0 Å². The second-order valence-electron chi connectivity index (χ2n) is 5.41. The first kappa shape index (κ1) is 14.5. The molecule has 2 fully saturated rings. The highest BCUT2D eigenvalue weighted by Gasteiger charge is 2.27. The van der Waals surface area contributed by atoms with Gasteiger partial charge in [0, 0.05) is 25.3 Å². The smallest absolute Gasteiger partial charge is 0.249 e. The summed E-state index contributed by atoms with van der Waals surface area (Å²) in [5.74, 6) is 0.185. The van der Waals surface area contributed by atoms with Crippen molar-refractivity contribution in [3.8, 4) is 0 Å². The van der Waals surface area contributed by atoms with E-state index >= 15 is 0 Å². The highest BCUT2D eigenvalue weighted by Crippen LogP contribution is 2.20. The molecule has 0 N–H and O–H groups in total. The summed E-state index contributed by atoms with van der Waals surface area (Å²) >= 11 is 0. The summed E-state index contributed by atoms with van der Waals surface area (Å²) in [6.07, 6.45) is 6.39. The molecule has 2 heterocycles. The Labute approximate surface area is 115 Å². The van der Waals surface area contributed by atoms with Crippen LogP contribution < -0.4 is 0 Å². The van der Waals surface area contributed by atoms with E-state index in [1.54, 1.807) is 0 Å². The molecule has 1 amide bonds. The Bertz CT molecular complexity index is 326. The Morgan fingerprint density at radius 1 is 1.32 bits per heavy atom. The third-order valence-corrected chi connectivity index (χ3v) is 3.85. The molecule has 19 heavy (non-hydrogen) atoms. The number of likely N-dealkylation sites (tertiary alicyclic amines) is 1. The van der Waals surface area contributed by atoms with Crippen molar-refractivity contribution in [3.05, 3.63) is 11.6 Å². The Kier molecular flexibility index (Phi) is 5.40. The van der Waals surface area contributed by atoms with Crippen molar-refractivity contribution in [3.63, 3.8) is 0 Å². The molecule has 4 nitrogen and oxygen atoms in total. The quantitative estimate of drug-likeness (QED) is 0.733. The molecule has 4 heteroatoms. The summed E-state index contributed by atoms with van der Waals surface area (Å²) in [4.78, 5) is 14.1. The Balaban J connectivity index is 1.75. The first-order valence-electron chi connectivity index (χ1n) is 7.40. The summed E-state index contributed by atoms with van der Waals surface area (Å²) in [7, 11) is 0. The second-order valence-corrected chi connectivity index (χ2v) is 5.41. The molecule has 0 spiro atoms. The number of nitrogens with zero attached hydrogens (tertiary/aromatic N) is 1. The van der Waals surface area contributed by atoms with E-state index in [0.717, 1.165) is 57.6 Å². The molecule has 1 atom stereocenters. The normalized spacial score (nSPS) is 25.9. The van der Waals surface area contributed by atoms with Gasteiger partial charge in [0.2, 0.25) is 5.91 Å². The predicted octanol–water partition coefficient (Wildman–Crippen LogP) is 2.14. The minimum atomic E-state index is 0.185. The molecule has 0 bridgehead atoms. The van der Waals surface area contributed by atoms with Crippen LogP contribution in [0.25, 0.3) is 0 Å². The van der Waals surface area contributed by atoms with Gasteiger partial charge >= 0.3 is 0 Å². The molecular weight excluding hydrogens is 242 g/mol. The zero-order valence-electron chi connectivity index (χ0n) is 12.1. The molecule has 2 aliphatic heterocycles. The summed E-state index contributed by atoms with van der Waals surface area (Å²) < 4.78 is 11.3. The molecule has 0 radical (unpaired) electrons. The highest BCUT2D eigenvalue weighted by atomic mass is 16.5. The number of carbonyl (C=O) groups is 1. The molecule has 2 saturated heterocycles. The van der Waals surface area contributed by atoms with Crippen molar-refractivity contribution < 1.29 is 14.3 Å². The number of piperidine rings is 1. The lowest BCUT2D eigenvalue weighted by atomic mass is 10.1. The molecule has 108 valence electrons. The van der Waals surface area contributed by atoms with Gasteiger partial charge in [-0.2, -0.15) is 0 Å². The maximum absolute atomic E-state index is 12.1. The fourth-order valence-electron chi connectivity index (χ4n) is 2.73. The van der Waals surface area contributed by atoms with Gasteiger partial charge in [-0.05, 0) is 32.6 Å². The Morgan fingerprint density at radius 3 is 2.63 bits per heavy atom. The van der Waals surface area contributed by atoms with E-state index in [1.165, 1.54) is 0 Å². The lowest BCUT2D eigenvalue weighted by Crippen LogP contribution is -2.42. The lowest BCUT2D eigenvalue weighted by Gasteiger charge is -2.33. The number of hydrogen-bond donors (Lipinski definition) is 0. The van der Waals surface area contributed by atoms with E-state index in [1.807, 2.05) is 17.9 Å². The van der Waals surface area contributed by atoms with Crippen molar-refractivity contribution in [2.75, 3.05) is 26.3 Å². The van der Waals surface area contributed by atoms with Gasteiger partial charge < -0.3 is 14.4 Å². The number of carbonyl (C=O) groups excluding carboxylic acids is 1. The van der Waals surface area contributed by atoms with Gasteiger partial charge in [0.15, 0.2) is 0 Å². The van der Waals surface area contributed by atoms with Gasteiger partial charge in [0.1, 0.15) is 0 Å². The molecule has 0 unspecified atom stereocenters. The van der Waals surface area contributed by atoms with Crippen LogP contribution in [-0.2, 0) is 14.3 Å². The maximum atomic E-state index is 12.1. The summed E-state index contributed by atoms with van der Waals surface area (Å²) in [5.41, 5.74) is 0.867. The molecule has 0 aliphatic carbocycles. The lowest BCUT2D eigenvalue weighted by molar-refractivity contribution is -0.130. The molecule has 2 rings (SSSR count). The first-order chi connectivity index (χ1) is 9.20. The summed E-state index contributed by atoms with van der Waals surface area (Å²) in [6, 6.07) is 0. The molecule has 0 aromatic heterocycles. The summed E-state index contributed by atoms with van der Waals surface area (Å²) in [6.45, 7) is 7.14. The zero-order chi connectivity index (χ0) is 13.7. The zero-order valence-corrected chi connectivity index (χ0v) is 12.1. The van der Waals surface area contributed by atoms with E-state index < -0.39 is 0 Å². The Hall–Kier alpha value is -0.870. The minimum Gasteiger partial charge on any atom is -0.379 e. The maximum Gasteiger partial charge on any atom is 0.249 e. The summed E-state index contributed by atoms with van der Waals surface area (Å²) in [5, 5.41) is 0. The monoisotopic (exact) mass is 267 g/mol. The van der Waals surface area contributed by atoms with Gasteiger partial charge in [0.05, 0.1) is 18.8 Å². The fraction of sp³-hybridized carbons (Fsp3) is 0.800. The number of allylic oxidation sites excluding steroid dienone is 1. The van der Waals surface area contributed by atoms with Crippen LogP contribution in [0.1, 0.15) is 39.5 Å². The SMILES string of the molecule is CC/C=C(/C)C(=O)N1CCC(O[C@H]2CCOC2)CC1. The molecule has 0 saturated carbocycles. The largest absolute Gasteiger partial charge is 0.379 e. The number of rotatable bonds is 4. The van der Waals surface area contributed by atoms with Crippen LogP contribution in [-0.4, -0.2) is 49.3 Å². The molecular formula is C15H25NO3. The molecule has 2 aliphatic rings. The third-order valence-electron chi connectivity index (χ3n) is 3.85. The predicted molar refractivity (Wildman–Crippen MR) is 74.0 cm³/mol. The van der Waals surface area contributed by atoms with Crippen LogP contribution in [0, 0.1) is 0 Å². The van der Waals surface area contributed by atoms with Crippen molar-refractivity contribution in [2.45, 2.75) is 51.7 Å². The van der Waals surface area contributed by atoms with E-state index in [-0.39, 0.29) is 12.0 Å². The van der Waals surface area contributed by atoms with E-state index in [2.05, 4.69) is 6.92 Å². The average molecular weight is 267 g/mol. The number of amides is 1. The van der Waals surface area contributed by atoms with E-state index in [0.29, 0.717) is 6.10 Å². The van der Waals surface area contributed by atoms with Crippen LogP contribution >= 0.6 is 0 Å². The Morgan fingerprint density at radius 2 is 2.05 bits per heavy atom. The first-order valence-corrected chi connectivity index (χ1v) is 7.40. The third kappa shape index (κ3) is 4.05. The highest BCUT2D eigenvalue weighted by molar-refractivity contribution is 5.92. The van der Waals surface area contributed by atoms with Crippen molar-refractivity contribution >= 4 is 5.91 Å². The van der Waals surface area contributed by atoms with E-state index in [9.17, 15) is 4.79 Å². The van der Waals surface area contributed by atoms with Crippen LogP contribution in [0.3, 0.4) is 0 Å². The topological polar surface area (TPSA) is 38.8 Å². The van der Waals surface area contributed by atoms with Gasteiger partial charge in [-0.1, -0.05) is 13.0 Å². The van der Waals surface area contributed by atoms with Crippen molar-refractivity contribution in [2.24, 2.45) is 0 Å². The number of ether oxygens (including phenoxy) is 2.